The lowest BCUT2D eigenvalue weighted by molar-refractivity contribution is -0.116. The van der Waals surface area contributed by atoms with Crippen LogP contribution in [0, 0.1) is 5.82 Å². The Morgan fingerprint density at radius 1 is 1.11 bits per heavy atom. The van der Waals surface area contributed by atoms with Crippen molar-refractivity contribution in [3.8, 4) is 5.75 Å². The van der Waals surface area contributed by atoms with Crippen molar-refractivity contribution in [1.82, 2.24) is 5.32 Å². The molecule has 0 radical (unpaired) electrons. The average molecular weight is 393 g/mol. The molecule has 5 nitrogen and oxygen atoms in total. The summed E-state index contributed by atoms with van der Waals surface area (Å²) in [5, 5.41) is 5.75. The Hall–Kier alpha value is -2.60. The lowest BCUT2D eigenvalue weighted by Gasteiger charge is -2.20. The normalized spacial score (nSPS) is 11.0. The Morgan fingerprint density at radius 3 is 2.37 bits per heavy atom. The van der Waals surface area contributed by atoms with Crippen LogP contribution in [0.25, 0.3) is 0 Å². The summed E-state index contributed by atoms with van der Waals surface area (Å²) in [4.78, 5) is 24.1. The topological polar surface area (TPSA) is 67.4 Å². The molecule has 7 heteroatoms. The second-order valence-corrected chi connectivity index (χ2v) is 7.41. The summed E-state index contributed by atoms with van der Waals surface area (Å²) in [6.45, 7) is 5.81. The molecule has 144 valence electrons. The highest BCUT2D eigenvalue weighted by molar-refractivity contribution is 6.32. The van der Waals surface area contributed by atoms with Gasteiger partial charge in [-0.25, -0.2) is 4.39 Å². The van der Waals surface area contributed by atoms with Crippen molar-refractivity contribution < 1.29 is 18.7 Å². The highest BCUT2D eigenvalue weighted by atomic mass is 35.5. The zero-order chi connectivity index (χ0) is 20.0. The van der Waals surface area contributed by atoms with E-state index in [4.69, 9.17) is 16.3 Å². The zero-order valence-corrected chi connectivity index (χ0v) is 16.2. The quantitative estimate of drug-likeness (QED) is 0.764. The van der Waals surface area contributed by atoms with Gasteiger partial charge in [0.2, 0.25) is 5.91 Å². The van der Waals surface area contributed by atoms with Gasteiger partial charge >= 0.3 is 0 Å². The minimum Gasteiger partial charge on any atom is -0.491 e. The molecule has 2 aromatic carbocycles. The molecule has 0 atom stereocenters. The van der Waals surface area contributed by atoms with Gasteiger partial charge in [-0.1, -0.05) is 11.6 Å². The third-order valence-corrected chi connectivity index (χ3v) is 3.70. The van der Waals surface area contributed by atoms with Gasteiger partial charge in [-0.15, -0.1) is 0 Å². The predicted octanol–water partition coefficient (Wildman–Crippen LogP) is 4.42. The molecule has 0 saturated carbocycles. The number of ether oxygens (including phenoxy) is 1. The van der Waals surface area contributed by atoms with Crippen LogP contribution < -0.4 is 15.4 Å². The van der Waals surface area contributed by atoms with Crippen LogP contribution in [-0.2, 0) is 4.79 Å². The number of rotatable bonds is 6. The SMILES string of the molecule is CC(C)(C)NC(=O)c1ccc(NC(=O)CCOc2ccc(F)cc2Cl)cc1. The first kappa shape index (κ1) is 20.7. The number of hydrogen-bond acceptors (Lipinski definition) is 3. The molecule has 0 aliphatic rings. The van der Waals surface area contributed by atoms with Gasteiger partial charge in [-0.05, 0) is 63.2 Å². The van der Waals surface area contributed by atoms with Crippen LogP contribution in [0.1, 0.15) is 37.6 Å². The van der Waals surface area contributed by atoms with Crippen molar-refractivity contribution >= 4 is 29.1 Å². The largest absolute Gasteiger partial charge is 0.491 e. The summed E-state index contributed by atoms with van der Waals surface area (Å²) < 4.78 is 18.4. The molecule has 2 N–H and O–H groups in total. The highest BCUT2D eigenvalue weighted by Gasteiger charge is 2.15. The first-order valence-electron chi connectivity index (χ1n) is 8.44. The maximum Gasteiger partial charge on any atom is 0.251 e. The monoisotopic (exact) mass is 392 g/mol. The summed E-state index contributed by atoms with van der Waals surface area (Å²) >= 11 is 5.86. The second kappa shape index (κ2) is 8.86. The molecule has 0 fully saturated rings. The van der Waals surface area contributed by atoms with Gasteiger partial charge in [0.05, 0.1) is 18.1 Å². The molecule has 2 rings (SSSR count). The van der Waals surface area contributed by atoms with Crippen molar-refractivity contribution in [3.63, 3.8) is 0 Å². The van der Waals surface area contributed by atoms with Gasteiger partial charge in [0, 0.05) is 16.8 Å². The van der Waals surface area contributed by atoms with E-state index in [9.17, 15) is 14.0 Å². The Balaban J connectivity index is 1.82. The molecule has 0 aromatic heterocycles. The van der Waals surface area contributed by atoms with Gasteiger partial charge < -0.3 is 15.4 Å². The molecule has 2 amide bonds. The lowest BCUT2D eigenvalue weighted by atomic mass is 10.1. The molecular weight excluding hydrogens is 371 g/mol. The van der Waals surface area contributed by atoms with Crippen LogP contribution in [0.2, 0.25) is 5.02 Å². The summed E-state index contributed by atoms with van der Waals surface area (Å²) in [6, 6.07) is 10.4. The number of amides is 2. The first-order chi connectivity index (χ1) is 12.6. The van der Waals surface area contributed by atoms with Crippen LogP contribution in [0.15, 0.2) is 42.5 Å². The lowest BCUT2D eigenvalue weighted by Crippen LogP contribution is -2.40. The molecule has 0 spiro atoms. The molecule has 0 bridgehead atoms. The molecule has 27 heavy (non-hydrogen) atoms. The molecule has 0 aliphatic heterocycles. The maximum atomic E-state index is 13.0. The molecule has 0 saturated heterocycles. The second-order valence-electron chi connectivity index (χ2n) is 7.00. The van der Waals surface area contributed by atoms with E-state index in [1.807, 2.05) is 20.8 Å². The van der Waals surface area contributed by atoms with Gasteiger partial charge in [-0.3, -0.25) is 9.59 Å². The van der Waals surface area contributed by atoms with Gasteiger partial charge in [0.1, 0.15) is 11.6 Å². The van der Waals surface area contributed by atoms with Gasteiger partial charge in [0.15, 0.2) is 0 Å². The third kappa shape index (κ3) is 6.90. The Morgan fingerprint density at radius 2 is 1.78 bits per heavy atom. The van der Waals surface area contributed by atoms with Crippen LogP contribution in [0.3, 0.4) is 0 Å². The van der Waals surface area contributed by atoms with Gasteiger partial charge in [-0.2, -0.15) is 0 Å². The number of carbonyl (C=O) groups is 2. The van der Waals surface area contributed by atoms with Crippen molar-refractivity contribution in [2.24, 2.45) is 0 Å². The van der Waals surface area contributed by atoms with E-state index in [1.165, 1.54) is 12.1 Å². The Bertz CT molecular complexity index is 817. The molecular formula is C20H22ClFN2O3. The van der Waals surface area contributed by atoms with Crippen LogP contribution >= 0.6 is 11.6 Å². The number of carbonyl (C=O) groups excluding carboxylic acids is 2. The van der Waals surface area contributed by atoms with Gasteiger partial charge in [0.25, 0.3) is 5.91 Å². The molecule has 2 aromatic rings. The van der Waals surface area contributed by atoms with E-state index in [0.29, 0.717) is 17.0 Å². The minimum atomic E-state index is -0.454. The van der Waals surface area contributed by atoms with Crippen LogP contribution in [0.4, 0.5) is 10.1 Å². The maximum absolute atomic E-state index is 13.0. The summed E-state index contributed by atoms with van der Waals surface area (Å²) in [7, 11) is 0. The number of anilines is 1. The van der Waals surface area contributed by atoms with Crippen LogP contribution in [-0.4, -0.2) is 24.0 Å². The zero-order valence-electron chi connectivity index (χ0n) is 15.4. The molecule has 0 aliphatic carbocycles. The van der Waals surface area contributed by atoms with E-state index < -0.39 is 5.82 Å². The summed E-state index contributed by atoms with van der Waals surface area (Å²) in [6.07, 6.45) is 0.0972. The number of nitrogens with one attached hydrogen (secondary N) is 2. The van der Waals surface area contributed by atoms with E-state index >= 15 is 0 Å². The van der Waals surface area contributed by atoms with E-state index in [1.54, 1.807) is 24.3 Å². The first-order valence-corrected chi connectivity index (χ1v) is 8.82. The van der Waals surface area contributed by atoms with Crippen LogP contribution in [0.5, 0.6) is 5.75 Å². The number of halogens is 2. The fourth-order valence-corrected chi connectivity index (χ4v) is 2.41. The minimum absolute atomic E-state index is 0.0972. The fourth-order valence-electron chi connectivity index (χ4n) is 2.19. The fraction of sp³-hybridized carbons (Fsp3) is 0.300. The number of hydrogen-bond donors (Lipinski definition) is 2. The van der Waals surface area contributed by atoms with Crippen molar-refractivity contribution in [2.45, 2.75) is 32.7 Å². The predicted molar refractivity (Wildman–Crippen MR) is 104 cm³/mol. The van der Waals surface area contributed by atoms with E-state index in [2.05, 4.69) is 10.6 Å². The summed E-state index contributed by atoms with van der Waals surface area (Å²) in [5.74, 6) is -0.560. The third-order valence-electron chi connectivity index (χ3n) is 3.40. The molecule has 0 heterocycles. The number of benzene rings is 2. The van der Waals surface area contributed by atoms with Crippen molar-refractivity contribution in [1.29, 1.82) is 0 Å². The van der Waals surface area contributed by atoms with Crippen molar-refractivity contribution in [2.75, 3.05) is 11.9 Å². The van der Waals surface area contributed by atoms with Crippen molar-refractivity contribution in [3.05, 3.63) is 58.9 Å². The summed E-state index contributed by atoms with van der Waals surface area (Å²) in [5.41, 5.74) is 0.765. The average Bonchev–Trinajstić information content (AvgIpc) is 2.56. The van der Waals surface area contributed by atoms with E-state index in [0.717, 1.165) is 6.07 Å². The standard InChI is InChI=1S/C20H22ClFN2O3/c1-20(2,3)24-19(26)13-4-7-15(8-5-13)23-18(25)10-11-27-17-9-6-14(22)12-16(17)21/h4-9,12H,10-11H2,1-3H3,(H,23,25)(H,24,26). The highest BCUT2D eigenvalue weighted by Crippen LogP contribution is 2.24. The Labute approximate surface area is 162 Å². The van der Waals surface area contributed by atoms with E-state index in [-0.39, 0.29) is 35.4 Å². The Kier molecular flexibility index (Phi) is 6.80. The molecule has 0 unspecified atom stereocenters. The smallest absolute Gasteiger partial charge is 0.251 e.